The molecular weight excluding hydrogens is 336 g/mol. The van der Waals surface area contributed by atoms with Gasteiger partial charge in [0.2, 0.25) is 10.0 Å². The predicted molar refractivity (Wildman–Crippen MR) is 102 cm³/mol. The first-order chi connectivity index (χ1) is 11.9. The van der Waals surface area contributed by atoms with Crippen molar-refractivity contribution in [2.75, 3.05) is 26.2 Å². The summed E-state index contributed by atoms with van der Waals surface area (Å²) in [4.78, 5) is 5.03. The Kier molecular flexibility index (Phi) is 7.25. The second-order valence-corrected chi connectivity index (χ2v) is 8.62. The van der Waals surface area contributed by atoms with Crippen LogP contribution in [-0.4, -0.2) is 50.9 Å². The number of nitrogens with one attached hydrogen (secondary N) is 2. The molecule has 1 fully saturated rings. The van der Waals surface area contributed by atoms with E-state index in [4.69, 9.17) is 0 Å². The summed E-state index contributed by atoms with van der Waals surface area (Å²) in [6.45, 7) is 8.88. The Hall–Kier alpha value is -1.60. The number of sulfonamides is 1. The summed E-state index contributed by atoms with van der Waals surface area (Å²) < 4.78 is 26.9. The lowest BCUT2D eigenvalue weighted by Gasteiger charge is -2.30. The highest BCUT2D eigenvalue weighted by atomic mass is 32.2. The van der Waals surface area contributed by atoms with E-state index in [-0.39, 0.29) is 0 Å². The maximum absolute atomic E-state index is 12.6. The molecule has 1 aromatic carbocycles. The molecule has 1 heterocycles. The summed E-state index contributed by atoms with van der Waals surface area (Å²) in [5, 5.41) is 6.55. The van der Waals surface area contributed by atoms with E-state index in [0.717, 1.165) is 31.9 Å². The lowest BCUT2D eigenvalue weighted by Crippen LogP contribution is -2.42. The molecule has 2 rings (SSSR count). The average molecular weight is 367 g/mol. The Bertz CT molecular complexity index is 651. The summed E-state index contributed by atoms with van der Waals surface area (Å²) in [7, 11) is -3.37. The molecular formula is C18H30N4O2S. The third-order valence-corrected chi connectivity index (χ3v) is 6.14. The van der Waals surface area contributed by atoms with Crippen molar-refractivity contribution < 1.29 is 8.42 Å². The second kappa shape index (κ2) is 9.20. The van der Waals surface area contributed by atoms with Crippen molar-refractivity contribution in [3.8, 4) is 0 Å². The molecule has 0 aliphatic carbocycles. The van der Waals surface area contributed by atoms with Crippen LogP contribution in [0.1, 0.15) is 33.6 Å². The topological polar surface area (TPSA) is 73.8 Å². The van der Waals surface area contributed by atoms with Crippen molar-refractivity contribution in [3.63, 3.8) is 0 Å². The van der Waals surface area contributed by atoms with Crippen molar-refractivity contribution in [3.05, 3.63) is 30.3 Å². The fourth-order valence-corrected chi connectivity index (χ4v) is 4.38. The Labute approximate surface area is 151 Å². The second-order valence-electron chi connectivity index (χ2n) is 6.68. The highest BCUT2D eigenvalue weighted by Crippen LogP contribution is 2.23. The van der Waals surface area contributed by atoms with Gasteiger partial charge >= 0.3 is 0 Å². The molecule has 6 nitrogen and oxygen atoms in total. The maximum Gasteiger partial charge on any atom is 0.243 e. The molecule has 0 aromatic heterocycles. The molecule has 1 aliphatic heterocycles. The molecule has 2 N–H and O–H groups in total. The zero-order valence-corrected chi connectivity index (χ0v) is 16.2. The minimum absolute atomic E-state index is 0.329. The molecule has 7 heteroatoms. The van der Waals surface area contributed by atoms with E-state index in [1.807, 2.05) is 13.0 Å². The van der Waals surface area contributed by atoms with Gasteiger partial charge in [0.05, 0.1) is 4.90 Å². The molecule has 0 unspecified atom stereocenters. The van der Waals surface area contributed by atoms with E-state index >= 15 is 0 Å². The molecule has 0 atom stereocenters. The van der Waals surface area contributed by atoms with Crippen molar-refractivity contribution in [2.45, 2.75) is 44.6 Å². The van der Waals surface area contributed by atoms with E-state index < -0.39 is 10.0 Å². The molecule has 0 spiro atoms. The van der Waals surface area contributed by atoms with Gasteiger partial charge in [0.15, 0.2) is 5.96 Å². The monoisotopic (exact) mass is 366 g/mol. The van der Waals surface area contributed by atoms with E-state index in [1.165, 1.54) is 0 Å². The van der Waals surface area contributed by atoms with Gasteiger partial charge in [-0.15, -0.1) is 0 Å². The summed E-state index contributed by atoms with van der Waals surface area (Å²) in [5.74, 6) is 1.25. The highest BCUT2D eigenvalue weighted by Gasteiger charge is 2.29. The van der Waals surface area contributed by atoms with Crippen molar-refractivity contribution >= 4 is 16.0 Å². The first kappa shape index (κ1) is 19.7. The number of benzene rings is 1. The fraction of sp³-hybridized carbons (Fsp3) is 0.611. The molecule has 0 radical (unpaired) electrons. The lowest BCUT2D eigenvalue weighted by molar-refractivity contribution is 0.278. The van der Waals surface area contributed by atoms with Crippen LogP contribution in [0.25, 0.3) is 0 Å². The number of guanidine groups is 1. The van der Waals surface area contributed by atoms with Gasteiger partial charge in [-0.1, -0.05) is 18.2 Å². The number of piperidine rings is 1. The van der Waals surface area contributed by atoms with Gasteiger partial charge in [-0.05, 0) is 51.7 Å². The van der Waals surface area contributed by atoms with Crippen LogP contribution in [0.4, 0.5) is 0 Å². The van der Waals surface area contributed by atoms with Gasteiger partial charge in [-0.2, -0.15) is 4.31 Å². The van der Waals surface area contributed by atoms with Crippen molar-refractivity contribution in [1.82, 2.24) is 14.9 Å². The molecule has 1 aliphatic rings. The van der Waals surface area contributed by atoms with Crippen LogP contribution in [0.15, 0.2) is 40.2 Å². The standard InChI is InChI=1S/C18H30N4O2S/c1-4-19-18(21-15(2)3)20-14-16-10-12-22(13-11-16)25(23,24)17-8-6-5-7-9-17/h5-9,15-16H,4,10-14H2,1-3H3,(H2,19,20,21). The van der Waals surface area contributed by atoms with Crippen LogP contribution in [-0.2, 0) is 10.0 Å². The Morgan fingerprint density at radius 2 is 1.88 bits per heavy atom. The van der Waals surface area contributed by atoms with Gasteiger partial charge in [-0.3, -0.25) is 4.99 Å². The molecule has 0 bridgehead atoms. The fourth-order valence-electron chi connectivity index (χ4n) is 2.89. The van der Waals surface area contributed by atoms with Gasteiger partial charge in [-0.25, -0.2) is 8.42 Å². The van der Waals surface area contributed by atoms with Gasteiger partial charge < -0.3 is 10.6 Å². The molecule has 0 saturated carbocycles. The van der Waals surface area contributed by atoms with Crippen LogP contribution in [0.3, 0.4) is 0 Å². The summed E-state index contributed by atoms with van der Waals surface area (Å²) in [6.07, 6.45) is 1.69. The number of rotatable bonds is 6. The average Bonchev–Trinajstić information content (AvgIpc) is 2.60. The van der Waals surface area contributed by atoms with E-state index in [1.54, 1.807) is 28.6 Å². The van der Waals surface area contributed by atoms with E-state index in [9.17, 15) is 8.42 Å². The Morgan fingerprint density at radius 3 is 2.44 bits per heavy atom. The summed E-state index contributed by atoms with van der Waals surface area (Å²) in [5.41, 5.74) is 0. The zero-order valence-electron chi connectivity index (χ0n) is 15.4. The maximum atomic E-state index is 12.6. The molecule has 140 valence electrons. The minimum atomic E-state index is -3.37. The third kappa shape index (κ3) is 5.71. The highest BCUT2D eigenvalue weighted by molar-refractivity contribution is 7.89. The lowest BCUT2D eigenvalue weighted by atomic mass is 9.98. The number of aliphatic imine (C=N–C) groups is 1. The molecule has 25 heavy (non-hydrogen) atoms. The van der Waals surface area contributed by atoms with Crippen molar-refractivity contribution in [1.29, 1.82) is 0 Å². The molecule has 0 amide bonds. The quantitative estimate of drug-likeness (QED) is 0.597. The predicted octanol–water partition coefficient (Wildman–Crippen LogP) is 2.05. The first-order valence-electron chi connectivity index (χ1n) is 9.03. The van der Waals surface area contributed by atoms with Crippen molar-refractivity contribution in [2.24, 2.45) is 10.9 Å². The van der Waals surface area contributed by atoms with E-state index in [2.05, 4.69) is 29.5 Å². The summed E-state index contributed by atoms with van der Waals surface area (Å²) in [6, 6.07) is 9.00. The Morgan fingerprint density at radius 1 is 1.24 bits per heavy atom. The minimum Gasteiger partial charge on any atom is -0.357 e. The zero-order chi connectivity index (χ0) is 18.3. The molecule has 1 saturated heterocycles. The largest absolute Gasteiger partial charge is 0.357 e. The molecule has 1 aromatic rings. The Balaban J connectivity index is 1.91. The first-order valence-corrected chi connectivity index (χ1v) is 10.5. The SMILES string of the molecule is CCNC(=NCC1CCN(S(=O)(=O)c2ccccc2)CC1)NC(C)C. The summed E-state index contributed by atoms with van der Waals surface area (Å²) >= 11 is 0. The number of hydrogen-bond donors (Lipinski definition) is 2. The third-order valence-electron chi connectivity index (χ3n) is 4.23. The number of nitrogens with zero attached hydrogens (tertiary/aromatic N) is 2. The smallest absolute Gasteiger partial charge is 0.243 e. The van der Waals surface area contributed by atoms with Crippen LogP contribution in [0.5, 0.6) is 0 Å². The van der Waals surface area contributed by atoms with Crippen LogP contribution in [0.2, 0.25) is 0 Å². The van der Waals surface area contributed by atoms with Crippen LogP contribution < -0.4 is 10.6 Å². The van der Waals surface area contributed by atoms with Gasteiger partial charge in [0.1, 0.15) is 0 Å². The van der Waals surface area contributed by atoms with Gasteiger partial charge in [0, 0.05) is 32.2 Å². The number of hydrogen-bond acceptors (Lipinski definition) is 3. The normalized spacial score (nSPS) is 17.7. The van der Waals surface area contributed by atoms with Crippen LogP contribution >= 0.6 is 0 Å². The van der Waals surface area contributed by atoms with Gasteiger partial charge in [0.25, 0.3) is 0 Å². The van der Waals surface area contributed by atoms with E-state index in [0.29, 0.717) is 29.9 Å². The van der Waals surface area contributed by atoms with Crippen LogP contribution in [0, 0.1) is 5.92 Å².